The van der Waals surface area contributed by atoms with Crippen LogP contribution in [0.3, 0.4) is 0 Å². The third-order valence-electron chi connectivity index (χ3n) is 2.98. The van der Waals surface area contributed by atoms with Gasteiger partial charge in [0, 0.05) is 25.2 Å². The second-order valence-corrected chi connectivity index (χ2v) is 5.20. The van der Waals surface area contributed by atoms with Gasteiger partial charge in [-0.25, -0.2) is 9.97 Å². The molecule has 5 heteroatoms. The number of aromatic nitrogens is 2. The maximum atomic E-state index is 9.72. The van der Waals surface area contributed by atoms with E-state index in [1.54, 1.807) is 0 Å². The van der Waals surface area contributed by atoms with Crippen LogP contribution in [0.25, 0.3) is 0 Å². The van der Waals surface area contributed by atoms with Crippen LogP contribution in [0.1, 0.15) is 32.5 Å². The maximum absolute atomic E-state index is 9.72. The molecule has 2 heterocycles. The molecule has 1 unspecified atom stereocenters. The van der Waals surface area contributed by atoms with E-state index >= 15 is 0 Å². The molecule has 1 aliphatic rings. The van der Waals surface area contributed by atoms with Crippen LogP contribution in [0.15, 0.2) is 6.07 Å². The van der Waals surface area contributed by atoms with Gasteiger partial charge in [0.1, 0.15) is 17.5 Å². The van der Waals surface area contributed by atoms with Crippen molar-refractivity contribution in [1.82, 2.24) is 9.97 Å². The largest absolute Gasteiger partial charge is 0.391 e. The molecule has 1 fully saturated rings. The predicted molar refractivity (Wildman–Crippen MR) is 73.0 cm³/mol. The van der Waals surface area contributed by atoms with Gasteiger partial charge in [-0.2, -0.15) is 0 Å². The fourth-order valence-corrected chi connectivity index (χ4v) is 2.25. The monoisotopic (exact) mass is 250 g/mol. The number of hydrogen-bond acceptors (Lipinski definition) is 5. The highest BCUT2D eigenvalue weighted by atomic mass is 16.3. The molecule has 2 N–H and O–H groups in total. The molecule has 0 radical (unpaired) electrons. The Balaban J connectivity index is 2.18. The second kappa shape index (κ2) is 5.52. The Labute approximate surface area is 108 Å². The molecule has 0 bridgehead atoms. The molecule has 0 aromatic carbocycles. The van der Waals surface area contributed by atoms with Crippen LogP contribution < -0.4 is 10.2 Å². The maximum Gasteiger partial charge on any atom is 0.134 e. The molecule has 0 aliphatic carbocycles. The van der Waals surface area contributed by atoms with E-state index in [2.05, 4.69) is 34.0 Å². The van der Waals surface area contributed by atoms with Crippen molar-refractivity contribution in [3.05, 3.63) is 11.9 Å². The second-order valence-electron chi connectivity index (χ2n) is 5.20. The topological polar surface area (TPSA) is 61.3 Å². The van der Waals surface area contributed by atoms with Gasteiger partial charge in [-0.05, 0) is 33.6 Å². The molecule has 18 heavy (non-hydrogen) atoms. The Kier molecular flexibility index (Phi) is 4.01. The first-order valence-electron chi connectivity index (χ1n) is 6.60. The smallest absolute Gasteiger partial charge is 0.134 e. The van der Waals surface area contributed by atoms with E-state index in [0.717, 1.165) is 36.8 Å². The number of β-amino-alcohol motifs (C(OH)–C–C–N with tert-alkyl or cyclic N) is 1. The van der Waals surface area contributed by atoms with Crippen molar-refractivity contribution in [2.45, 2.75) is 45.8 Å². The minimum Gasteiger partial charge on any atom is -0.391 e. The van der Waals surface area contributed by atoms with E-state index in [4.69, 9.17) is 0 Å². The number of nitrogens with zero attached hydrogens (tertiary/aromatic N) is 3. The van der Waals surface area contributed by atoms with Gasteiger partial charge in [0.15, 0.2) is 0 Å². The van der Waals surface area contributed by atoms with Gasteiger partial charge in [0.05, 0.1) is 6.10 Å². The molecule has 0 amide bonds. The summed E-state index contributed by atoms with van der Waals surface area (Å²) in [6, 6.07) is 2.31. The minimum absolute atomic E-state index is 0.240. The van der Waals surface area contributed by atoms with Crippen LogP contribution in [0.4, 0.5) is 11.6 Å². The third kappa shape index (κ3) is 3.32. The minimum atomic E-state index is -0.240. The number of anilines is 2. The van der Waals surface area contributed by atoms with Crippen molar-refractivity contribution in [1.29, 1.82) is 0 Å². The Bertz CT molecular complexity index is 408. The van der Waals surface area contributed by atoms with E-state index in [1.807, 2.05) is 13.0 Å². The van der Waals surface area contributed by atoms with Crippen LogP contribution >= 0.6 is 0 Å². The van der Waals surface area contributed by atoms with Gasteiger partial charge in [0.25, 0.3) is 0 Å². The first-order chi connectivity index (χ1) is 8.54. The summed E-state index contributed by atoms with van der Waals surface area (Å²) in [4.78, 5) is 11.0. The molecule has 0 spiro atoms. The number of nitrogens with one attached hydrogen (secondary N) is 1. The standard InChI is InChI=1S/C13H22N4O/c1-9(2)14-12-7-13(16-10(3)15-12)17-6-4-5-11(18)8-17/h7,9,11,18H,4-6,8H2,1-3H3,(H,14,15,16). The lowest BCUT2D eigenvalue weighted by atomic mass is 10.1. The van der Waals surface area contributed by atoms with Crippen LogP contribution in [-0.4, -0.2) is 40.3 Å². The van der Waals surface area contributed by atoms with Crippen molar-refractivity contribution in [3.63, 3.8) is 0 Å². The molecule has 1 saturated heterocycles. The van der Waals surface area contributed by atoms with Crippen LogP contribution in [0.5, 0.6) is 0 Å². The molecule has 1 aliphatic heterocycles. The summed E-state index contributed by atoms with van der Waals surface area (Å²) in [5.41, 5.74) is 0. The van der Waals surface area contributed by atoms with Crippen molar-refractivity contribution in [2.24, 2.45) is 0 Å². The number of aliphatic hydroxyl groups is 1. The van der Waals surface area contributed by atoms with Crippen LogP contribution in [0.2, 0.25) is 0 Å². The average molecular weight is 250 g/mol. The predicted octanol–water partition coefficient (Wildman–Crippen LogP) is 1.57. The Hall–Kier alpha value is -1.36. The first kappa shape index (κ1) is 13.1. The Morgan fingerprint density at radius 2 is 2.22 bits per heavy atom. The summed E-state index contributed by atoms with van der Waals surface area (Å²) in [6.07, 6.45) is 1.66. The molecule has 5 nitrogen and oxygen atoms in total. The van der Waals surface area contributed by atoms with Gasteiger partial charge >= 0.3 is 0 Å². The van der Waals surface area contributed by atoms with Crippen LogP contribution in [-0.2, 0) is 0 Å². The van der Waals surface area contributed by atoms with Gasteiger partial charge < -0.3 is 15.3 Å². The van der Waals surface area contributed by atoms with Gasteiger partial charge in [-0.1, -0.05) is 0 Å². The summed E-state index contributed by atoms with van der Waals surface area (Å²) in [5.74, 6) is 2.52. The zero-order valence-electron chi connectivity index (χ0n) is 11.3. The quantitative estimate of drug-likeness (QED) is 0.852. The lowest BCUT2D eigenvalue weighted by molar-refractivity contribution is 0.154. The summed E-state index contributed by atoms with van der Waals surface area (Å²) < 4.78 is 0. The third-order valence-corrected chi connectivity index (χ3v) is 2.98. The van der Waals surface area contributed by atoms with Crippen LogP contribution in [0, 0.1) is 6.92 Å². The van der Waals surface area contributed by atoms with Gasteiger partial charge in [-0.3, -0.25) is 0 Å². The van der Waals surface area contributed by atoms with Crippen molar-refractivity contribution in [3.8, 4) is 0 Å². The molecule has 100 valence electrons. The van der Waals surface area contributed by atoms with E-state index in [1.165, 1.54) is 0 Å². The molecule has 1 aromatic heterocycles. The van der Waals surface area contributed by atoms with Crippen molar-refractivity contribution >= 4 is 11.6 Å². The number of hydrogen-bond donors (Lipinski definition) is 2. The molecular weight excluding hydrogens is 228 g/mol. The Morgan fingerprint density at radius 1 is 1.44 bits per heavy atom. The molecule has 2 rings (SSSR count). The highest BCUT2D eigenvalue weighted by Crippen LogP contribution is 2.20. The number of aliphatic hydroxyl groups excluding tert-OH is 1. The molecule has 1 aromatic rings. The van der Waals surface area contributed by atoms with E-state index in [0.29, 0.717) is 12.6 Å². The van der Waals surface area contributed by atoms with E-state index in [-0.39, 0.29) is 6.10 Å². The highest BCUT2D eigenvalue weighted by molar-refractivity contribution is 5.50. The fourth-order valence-electron chi connectivity index (χ4n) is 2.25. The molecular formula is C13H22N4O. The average Bonchev–Trinajstić information content (AvgIpc) is 2.27. The SMILES string of the molecule is Cc1nc(NC(C)C)cc(N2CCCC(O)C2)n1. The number of piperidine rings is 1. The summed E-state index contributed by atoms with van der Waals surface area (Å²) in [5, 5.41) is 13.0. The molecule has 1 atom stereocenters. The van der Waals surface area contributed by atoms with Crippen molar-refractivity contribution in [2.75, 3.05) is 23.3 Å². The number of rotatable bonds is 3. The van der Waals surface area contributed by atoms with Crippen molar-refractivity contribution < 1.29 is 5.11 Å². The van der Waals surface area contributed by atoms with E-state index < -0.39 is 0 Å². The summed E-state index contributed by atoms with van der Waals surface area (Å²) in [6.45, 7) is 7.69. The molecule has 0 saturated carbocycles. The highest BCUT2D eigenvalue weighted by Gasteiger charge is 2.19. The first-order valence-corrected chi connectivity index (χ1v) is 6.60. The van der Waals surface area contributed by atoms with Gasteiger partial charge in [-0.15, -0.1) is 0 Å². The zero-order chi connectivity index (χ0) is 13.1. The lowest BCUT2D eigenvalue weighted by Crippen LogP contribution is -2.38. The summed E-state index contributed by atoms with van der Waals surface area (Å²) in [7, 11) is 0. The fraction of sp³-hybridized carbons (Fsp3) is 0.692. The number of aryl methyl sites for hydroxylation is 1. The van der Waals surface area contributed by atoms with Gasteiger partial charge in [0.2, 0.25) is 0 Å². The van der Waals surface area contributed by atoms with E-state index in [9.17, 15) is 5.11 Å². The summed E-state index contributed by atoms with van der Waals surface area (Å²) >= 11 is 0. The normalized spacial score (nSPS) is 20.3. The lowest BCUT2D eigenvalue weighted by Gasteiger charge is -2.31. The Morgan fingerprint density at radius 3 is 2.89 bits per heavy atom. The zero-order valence-corrected chi connectivity index (χ0v) is 11.3.